The molecule has 0 aromatic carbocycles. The molecule has 0 bridgehead atoms. The molecule has 0 aliphatic rings. The molecule has 6 heteroatoms. The lowest BCUT2D eigenvalue weighted by atomic mass is 9.87. The van der Waals surface area contributed by atoms with Gasteiger partial charge in [0, 0.05) is 19.3 Å². The van der Waals surface area contributed by atoms with E-state index in [1.165, 1.54) is 0 Å². The molecular weight excluding hydrogens is 372 g/mol. The predicted octanol–water partition coefficient (Wildman–Crippen LogP) is 5.24. The monoisotopic (exact) mass is 416 g/mol. The van der Waals surface area contributed by atoms with E-state index in [1.807, 2.05) is 20.8 Å². The van der Waals surface area contributed by atoms with Crippen LogP contribution in [-0.4, -0.2) is 34.2 Å². The number of carbonyl (C=O) groups is 2. The van der Waals surface area contributed by atoms with Gasteiger partial charge in [0.1, 0.15) is 0 Å². The molecule has 0 rings (SSSR count). The van der Waals surface area contributed by atoms with Crippen molar-refractivity contribution in [3.8, 4) is 0 Å². The van der Waals surface area contributed by atoms with E-state index >= 15 is 0 Å². The molecular formula is C23H44O6. The van der Waals surface area contributed by atoms with Gasteiger partial charge in [-0.05, 0) is 18.3 Å². The van der Waals surface area contributed by atoms with Crippen LogP contribution in [0.2, 0.25) is 0 Å². The number of hydrogen-bond donors (Lipinski definition) is 2. The van der Waals surface area contributed by atoms with E-state index in [0.717, 1.165) is 51.4 Å². The number of ether oxygens (including phenoxy) is 2. The number of rotatable bonds is 16. The van der Waals surface area contributed by atoms with Crippen LogP contribution in [0, 0.1) is 5.41 Å². The number of unbranched alkanes of at least 4 members (excludes halogenated alkanes) is 8. The second-order valence-electron chi connectivity index (χ2n) is 9.23. The van der Waals surface area contributed by atoms with Crippen molar-refractivity contribution in [2.45, 2.75) is 130 Å². The van der Waals surface area contributed by atoms with E-state index in [9.17, 15) is 19.8 Å². The molecule has 0 heterocycles. The van der Waals surface area contributed by atoms with Gasteiger partial charge >= 0.3 is 11.9 Å². The minimum atomic E-state index is -2.25. The Morgan fingerprint density at radius 2 is 1.24 bits per heavy atom. The third-order valence-electron chi connectivity index (χ3n) is 4.67. The Balaban J connectivity index is 4.70. The Kier molecular flexibility index (Phi) is 14.2. The highest BCUT2D eigenvalue weighted by molar-refractivity contribution is 5.70. The van der Waals surface area contributed by atoms with Crippen LogP contribution in [0.1, 0.15) is 118 Å². The van der Waals surface area contributed by atoms with Gasteiger partial charge in [0.2, 0.25) is 0 Å². The minimum Gasteiger partial charge on any atom is -0.429 e. The van der Waals surface area contributed by atoms with Gasteiger partial charge in [-0.25, -0.2) is 0 Å². The highest BCUT2D eigenvalue weighted by atomic mass is 16.7. The summed E-state index contributed by atoms with van der Waals surface area (Å²) in [5.41, 5.74) is -0.455. The highest BCUT2D eigenvalue weighted by Gasteiger charge is 2.45. The minimum absolute atomic E-state index is 0.0491. The normalized spacial score (nSPS) is 14.9. The molecule has 6 nitrogen and oxygen atoms in total. The Bertz CT molecular complexity index is 457. The smallest absolute Gasteiger partial charge is 0.308 e. The van der Waals surface area contributed by atoms with Crippen molar-refractivity contribution in [2.75, 3.05) is 0 Å². The molecule has 0 saturated carbocycles. The van der Waals surface area contributed by atoms with Crippen LogP contribution in [-0.2, 0) is 19.1 Å². The van der Waals surface area contributed by atoms with E-state index in [1.54, 1.807) is 0 Å². The zero-order chi connectivity index (χ0) is 22.3. The number of carbonyl (C=O) groups excluding carboxylic acids is 2. The van der Waals surface area contributed by atoms with Crippen molar-refractivity contribution >= 4 is 11.9 Å². The first kappa shape index (κ1) is 27.9. The van der Waals surface area contributed by atoms with E-state index in [2.05, 4.69) is 13.8 Å². The first-order valence-corrected chi connectivity index (χ1v) is 11.4. The van der Waals surface area contributed by atoms with Gasteiger partial charge in [-0.1, -0.05) is 86.0 Å². The SMILES string of the molecule is CCCCCCCC(=O)OC(O)C(O)(CC(C)(C)C)OC(=O)CCCCCCC. The van der Waals surface area contributed by atoms with Crippen LogP contribution in [0.25, 0.3) is 0 Å². The number of aliphatic hydroxyl groups is 2. The molecule has 0 amide bonds. The van der Waals surface area contributed by atoms with Crippen molar-refractivity contribution in [1.29, 1.82) is 0 Å². The first-order chi connectivity index (χ1) is 13.5. The molecule has 0 spiro atoms. The molecule has 2 N–H and O–H groups in total. The van der Waals surface area contributed by atoms with Crippen LogP contribution < -0.4 is 0 Å². The van der Waals surface area contributed by atoms with Gasteiger partial charge < -0.3 is 19.7 Å². The summed E-state index contributed by atoms with van der Waals surface area (Å²) < 4.78 is 10.2. The summed E-state index contributed by atoms with van der Waals surface area (Å²) in [5.74, 6) is -3.45. The second-order valence-corrected chi connectivity index (χ2v) is 9.23. The number of esters is 2. The molecule has 2 unspecified atom stereocenters. The zero-order valence-electron chi connectivity index (χ0n) is 19.3. The maximum atomic E-state index is 12.2. The largest absolute Gasteiger partial charge is 0.429 e. The second kappa shape index (κ2) is 14.8. The highest BCUT2D eigenvalue weighted by Crippen LogP contribution is 2.32. The lowest BCUT2D eigenvalue weighted by molar-refractivity contribution is -0.312. The Morgan fingerprint density at radius 1 is 0.793 bits per heavy atom. The third kappa shape index (κ3) is 14.5. The van der Waals surface area contributed by atoms with E-state index in [-0.39, 0.29) is 19.3 Å². The summed E-state index contributed by atoms with van der Waals surface area (Å²) in [5, 5.41) is 21.2. The topological polar surface area (TPSA) is 93.1 Å². The number of aliphatic hydroxyl groups excluding tert-OH is 1. The van der Waals surface area contributed by atoms with Gasteiger partial charge in [0.25, 0.3) is 12.1 Å². The van der Waals surface area contributed by atoms with Crippen LogP contribution >= 0.6 is 0 Å². The first-order valence-electron chi connectivity index (χ1n) is 11.4. The van der Waals surface area contributed by atoms with Gasteiger partial charge in [-0.3, -0.25) is 9.59 Å². The van der Waals surface area contributed by atoms with Crippen LogP contribution in [0.4, 0.5) is 0 Å². The van der Waals surface area contributed by atoms with Gasteiger partial charge in [0.05, 0.1) is 0 Å². The summed E-state index contributed by atoms with van der Waals surface area (Å²) in [7, 11) is 0. The molecule has 0 fully saturated rings. The van der Waals surface area contributed by atoms with Gasteiger partial charge in [0.15, 0.2) is 0 Å². The van der Waals surface area contributed by atoms with Gasteiger partial charge in [-0.2, -0.15) is 0 Å². The summed E-state index contributed by atoms with van der Waals surface area (Å²) in [4.78, 5) is 24.2. The van der Waals surface area contributed by atoms with Crippen molar-refractivity contribution in [3.05, 3.63) is 0 Å². The van der Waals surface area contributed by atoms with Gasteiger partial charge in [-0.15, -0.1) is 0 Å². The maximum Gasteiger partial charge on any atom is 0.308 e. The summed E-state index contributed by atoms with van der Waals surface area (Å²) in [6.45, 7) is 9.78. The molecule has 0 aliphatic heterocycles. The molecule has 29 heavy (non-hydrogen) atoms. The Morgan fingerprint density at radius 3 is 1.69 bits per heavy atom. The fourth-order valence-electron chi connectivity index (χ4n) is 3.20. The molecule has 0 aromatic heterocycles. The average molecular weight is 417 g/mol. The number of hydrogen-bond acceptors (Lipinski definition) is 6. The van der Waals surface area contributed by atoms with E-state index in [0.29, 0.717) is 12.8 Å². The summed E-state index contributed by atoms with van der Waals surface area (Å²) >= 11 is 0. The molecule has 2 atom stereocenters. The molecule has 0 radical (unpaired) electrons. The lowest BCUT2D eigenvalue weighted by Crippen LogP contribution is -2.50. The van der Waals surface area contributed by atoms with Crippen LogP contribution in [0.3, 0.4) is 0 Å². The average Bonchev–Trinajstić information content (AvgIpc) is 2.59. The van der Waals surface area contributed by atoms with Crippen molar-refractivity contribution in [3.63, 3.8) is 0 Å². The van der Waals surface area contributed by atoms with E-state index < -0.39 is 29.4 Å². The molecule has 0 aromatic rings. The zero-order valence-corrected chi connectivity index (χ0v) is 19.3. The van der Waals surface area contributed by atoms with Crippen molar-refractivity contribution < 1.29 is 29.3 Å². The fourth-order valence-corrected chi connectivity index (χ4v) is 3.20. The van der Waals surface area contributed by atoms with Crippen LogP contribution in [0.15, 0.2) is 0 Å². The quantitative estimate of drug-likeness (QED) is 0.203. The van der Waals surface area contributed by atoms with Crippen molar-refractivity contribution in [2.24, 2.45) is 5.41 Å². The molecule has 0 aliphatic carbocycles. The van der Waals surface area contributed by atoms with Crippen molar-refractivity contribution in [1.82, 2.24) is 0 Å². The summed E-state index contributed by atoms with van der Waals surface area (Å²) in [6.07, 6.45) is 8.11. The fraction of sp³-hybridized carbons (Fsp3) is 0.913. The lowest BCUT2D eigenvalue weighted by Gasteiger charge is -2.36. The Hall–Kier alpha value is -1.14. The Labute approximate surface area is 177 Å². The molecule has 172 valence electrons. The third-order valence-corrected chi connectivity index (χ3v) is 4.67. The van der Waals surface area contributed by atoms with Crippen LogP contribution in [0.5, 0.6) is 0 Å². The molecule has 0 saturated heterocycles. The maximum absolute atomic E-state index is 12.2. The summed E-state index contributed by atoms with van der Waals surface area (Å²) in [6, 6.07) is 0. The standard InChI is InChI=1S/C23H44O6/c1-6-8-10-12-14-16-19(24)28-21(26)23(27,18-22(3,4)5)29-20(25)17-15-13-11-9-7-2/h21,26-27H,6-18H2,1-5H3. The van der Waals surface area contributed by atoms with E-state index in [4.69, 9.17) is 9.47 Å². The predicted molar refractivity (Wildman–Crippen MR) is 114 cm³/mol.